The van der Waals surface area contributed by atoms with E-state index >= 15 is 0 Å². The van der Waals surface area contributed by atoms with Crippen LogP contribution in [0.1, 0.15) is 17.7 Å². The zero-order valence-corrected chi connectivity index (χ0v) is 12.1. The lowest BCUT2D eigenvalue weighted by atomic mass is 9.93. The van der Waals surface area contributed by atoms with E-state index in [1.807, 2.05) is 0 Å². The third-order valence-electron chi connectivity index (χ3n) is 2.71. The number of thiazole rings is 1. The Balaban J connectivity index is 2.40. The standard InChI is InChI=1S/C9H12INO2S2/c1-12-9(2-4-13-5-3-9)6-7(10)11-8(14)15-6/h2-5H2,1H3,(H,11,14). The van der Waals surface area contributed by atoms with E-state index in [4.69, 9.17) is 21.7 Å². The maximum absolute atomic E-state index is 5.72. The van der Waals surface area contributed by atoms with Crippen molar-refractivity contribution in [1.29, 1.82) is 0 Å². The Morgan fingerprint density at radius 2 is 2.20 bits per heavy atom. The first-order valence-corrected chi connectivity index (χ1v) is 7.00. The summed E-state index contributed by atoms with van der Waals surface area (Å²) >= 11 is 9.06. The van der Waals surface area contributed by atoms with Crippen molar-refractivity contribution in [2.24, 2.45) is 0 Å². The number of hydrogen-bond donors (Lipinski definition) is 1. The number of aromatic amines is 1. The van der Waals surface area contributed by atoms with Gasteiger partial charge in [0.2, 0.25) is 0 Å². The second kappa shape index (κ2) is 4.79. The summed E-state index contributed by atoms with van der Waals surface area (Å²) in [7, 11) is 1.77. The molecule has 1 fully saturated rings. The third kappa shape index (κ3) is 2.28. The molecule has 0 radical (unpaired) electrons. The van der Waals surface area contributed by atoms with E-state index in [0.29, 0.717) is 0 Å². The van der Waals surface area contributed by atoms with Crippen LogP contribution in [-0.2, 0) is 15.1 Å². The van der Waals surface area contributed by atoms with E-state index in [2.05, 4.69) is 27.6 Å². The molecule has 0 aromatic carbocycles. The molecule has 1 aromatic rings. The second-order valence-electron chi connectivity index (χ2n) is 3.47. The van der Waals surface area contributed by atoms with Crippen molar-refractivity contribution in [2.75, 3.05) is 20.3 Å². The van der Waals surface area contributed by atoms with Gasteiger partial charge in [0.25, 0.3) is 0 Å². The Kier molecular flexibility index (Phi) is 3.82. The van der Waals surface area contributed by atoms with Gasteiger partial charge >= 0.3 is 0 Å². The molecule has 1 aliphatic rings. The summed E-state index contributed by atoms with van der Waals surface area (Å²) in [5.74, 6) is 0. The van der Waals surface area contributed by atoms with Crippen molar-refractivity contribution in [1.82, 2.24) is 4.98 Å². The predicted molar refractivity (Wildman–Crippen MR) is 71.0 cm³/mol. The average molecular weight is 357 g/mol. The molecule has 2 heterocycles. The minimum Gasteiger partial charge on any atom is -0.381 e. The van der Waals surface area contributed by atoms with Crippen molar-refractivity contribution in [3.05, 3.63) is 12.5 Å². The average Bonchev–Trinajstić information content (AvgIpc) is 2.59. The Hall–Kier alpha value is 0.500. The quantitative estimate of drug-likeness (QED) is 0.653. The van der Waals surface area contributed by atoms with Crippen molar-refractivity contribution >= 4 is 46.1 Å². The molecule has 0 unspecified atom stereocenters. The summed E-state index contributed by atoms with van der Waals surface area (Å²) in [6, 6.07) is 0. The van der Waals surface area contributed by atoms with Crippen molar-refractivity contribution in [3.63, 3.8) is 0 Å². The molecule has 15 heavy (non-hydrogen) atoms. The van der Waals surface area contributed by atoms with Gasteiger partial charge in [0.1, 0.15) is 5.60 Å². The number of nitrogens with one attached hydrogen (secondary N) is 1. The fourth-order valence-electron chi connectivity index (χ4n) is 1.83. The normalized spacial score (nSPS) is 20.4. The molecule has 6 heteroatoms. The maximum Gasteiger partial charge on any atom is 0.159 e. The van der Waals surface area contributed by atoms with Crippen LogP contribution < -0.4 is 0 Å². The van der Waals surface area contributed by atoms with Crippen LogP contribution in [0.15, 0.2) is 0 Å². The number of ether oxygens (including phenoxy) is 2. The topological polar surface area (TPSA) is 34.2 Å². The molecule has 0 spiro atoms. The summed E-state index contributed by atoms with van der Waals surface area (Å²) in [5.41, 5.74) is -0.187. The highest BCUT2D eigenvalue weighted by molar-refractivity contribution is 14.1. The SMILES string of the molecule is COC1(c2sc(=S)[nH]c2I)CCOCC1. The molecule has 1 aromatic heterocycles. The van der Waals surface area contributed by atoms with Gasteiger partial charge < -0.3 is 14.5 Å². The van der Waals surface area contributed by atoms with Gasteiger partial charge in [-0.3, -0.25) is 0 Å². The Bertz CT molecular complexity index is 395. The van der Waals surface area contributed by atoms with Crippen LogP contribution in [-0.4, -0.2) is 25.3 Å². The van der Waals surface area contributed by atoms with Crippen molar-refractivity contribution in [2.45, 2.75) is 18.4 Å². The first kappa shape index (κ1) is 12.0. The van der Waals surface area contributed by atoms with E-state index in [9.17, 15) is 0 Å². The summed E-state index contributed by atoms with van der Waals surface area (Å²) in [4.78, 5) is 4.38. The lowest BCUT2D eigenvalue weighted by molar-refractivity contribution is -0.0931. The zero-order valence-electron chi connectivity index (χ0n) is 8.34. The molecule has 84 valence electrons. The Labute approximate surface area is 111 Å². The van der Waals surface area contributed by atoms with Gasteiger partial charge in [0.15, 0.2) is 3.95 Å². The second-order valence-corrected chi connectivity index (χ2v) is 6.23. The molecule has 0 amide bonds. The zero-order chi connectivity index (χ0) is 10.9. The fraction of sp³-hybridized carbons (Fsp3) is 0.667. The van der Waals surface area contributed by atoms with E-state index in [1.54, 1.807) is 18.4 Å². The fourth-order valence-corrected chi connectivity index (χ4v) is 4.59. The smallest absolute Gasteiger partial charge is 0.159 e. The summed E-state index contributed by atoms with van der Waals surface area (Å²) < 4.78 is 13.0. The Morgan fingerprint density at radius 1 is 1.53 bits per heavy atom. The van der Waals surface area contributed by atoms with Gasteiger partial charge in [-0.25, -0.2) is 0 Å². The highest BCUT2D eigenvalue weighted by Crippen LogP contribution is 2.40. The molecule has 3 nitrogen and oxygen atoms in total. The number of hydrogen-bond acceptors (Lipinski definition) is 4. The molecular formula is C9H12INO2S2. The first-order chi connectivity index (χ1) is 7.18. The molecule has 0 atom stereocenters. The van der Waals surface area contributed by atoms with Crippen molar-refractivity contribution in [3.8, 4) is 0 Å². The van der Waals surface area contributed by atoms with Crippen LogP contribution in [0.4, 0.5) is 0 Å². The molecule has 1 saturated heterocycles. The Morgan fingerprint density at radius 3 is 2.67 bits per heavy atom. The molecule has 0 bridgehead atoms. The van der Waals surface area contributed by atoms with E-state index < -0.39 is 0 Å². The van der Waals surface area contributed by atoms with E-state index in [1.165, 1.54) is 4.88 Å². The maximum atomic E-state index is 5.72. The van der Waals surface area contributed by atoms with Gasteiger partial charge in [0.05, 0.1) is 8.58 Å². The third-order valence-corrected chi connectivity index (χ3v) is 5.31. The molecule has 0 saturated carbocycles. The lowest BCUT2D eigenvalue weighted by Gasteiger charge is -2.35. The van der Waals surface area contributed by atoms with Crippen LogP contribution in [0.2, 0.25) is 0 Å². The van der Waals surface area contributed by atoms with Gasteiger partial charge in [-0.1, -0.05) is 0 Å². The predicted octanol–water partition coefficient (Wildman–Crippen LogP) is 3.06. The highest BCUT2D eigenvalue weighted by Gasteiger charge is 2.37. The van der Waals surface area contributed by atoms with E-state index in [0.717, 1.165) is 33.7 Å². The summed E-state index contributed by atoms with van der Waals surface area (Å²) in [5, 5.41) is 0. The van der Waals surface area contributed by atoms with Crippen molar-refractivity contribution < 1.29 is 9.47 Å². The number of methoxy groups -OCH3 is 1. The molecule has 1 N–H and O–H groups in total. The first-order valence-electron chi connectivity index (χ1n) is 4.70. The van der Waals surface area contributed by atoms with Gasteiger partial charge in [0, 0.05) is 33.2 Å². The van der Waals surface area contributed by atoms with Crippen LogP contribution in [0.3, 0.4) is 0 Å². The van der Waals surface area contributed by atoms with Gasteiger partial charge in [-0.05, 0) is 34.8 Å². The van der Waals surface area contributed by atoms with Crippen LogP contribution in [0, 0.1) is 7.65 Å². The van der Waals surface area contributed by atoms with E-state index in [-0.39, 0.29) is 5.60 Å². The summed E-state index contributed by atoms with van der Waals surface area (Å²) in [6.07, 6.45) is 1.81. The lowest BCUT2D eigenvalue weighted by Crippen LogP contribution is -2.35. The number of halogens is 1. The minimum absolute atomic E-state index is 0.187. The molecule has 1 aliphatic heterocycles. The van der Waals surface area contributed by atoms with Crippen LogP contribution in [0.25, 0.3) is 0 Å². The monoisotopic (exact) mass is 357 g/mol. The van der Waals surface area contributed by atoms with Gasteiger partial charge in [-0.2, -0.15) is 0 Å². The molecule has 2 rings (SSSR count). The molecular weight excluding hydrogens is 345 g/mol. The minimum atomic E-state index is -0.187. The highest BCUT2D eigenvalue weighted by atomic mass is 127. The number of H-pyrrole nitrogens is 1. The number of aromatic nitrogens is 1. The molecule has 0 aliphatic carbocycles. The summed E-state index contributed by atoms with van der Waals surface area (Å²) in [6.45, 7) is 1.52. The van der Waals surface area contributed by atoms with Crippen LogP contribution in [0.5, 0.6) is 0 Å². The number of rotatable bonds is 2. The largest absolute Gasteiger partial charge is 0.381 e. The van der Waals surface area contributed by atoms with Gasteiger partial charge in [-0.15, -0.1) is 11.3 Å². The van der Waals surface area contributed by atoms with Crippen LogP contribution >= 0.6 is 46.1 Å².